The molecule has 0 unspecified atom stereocenters. The molecular formula is C16H23ClN2O2. The maximum Gasteiger partial charge on any atom is 0.227 e. The molecule has 0 radical (unpaired) electrons. The Hall–Kier alpha value is -1.26. The molecule has 0 spiro atoms. The number of nitrogens with one attached hydrogen (secondary N) is 2. The largest absolute Gasteiger partial charge is 0.493 e. The fraction of sp³-hybridized carbons (Fsp3) is 0.562. The lowest BCUT2D eigenvalue weighted by molar-refractivity contribution is -0.120. The molecule has 0 aliphatic carbocycles. The summed E-state index contributed by atoms with van der Waals surface area (Å²) in [6.45, 7) is 3.86. The Morgan fingerprint density at radius 3 is 3.10 bits per heavy atom. The van der Waals surface area contributed by atoms with Crippen molar-refractivity contribution < 1.29 is 9.53 Å². The van der Waals surface area contributed by atoms with Gasteiger partial charge in [-0.3, -0.25) is 4.79 Å². The van der Waals surface area contributed by atoms with Gasteiger partial charge in [0, 0.05) is 17.6 Å². The number of carbonyl (C=O) groups is 1. The van der Waals surface area contributed by atoms with Crippen LogP contribution in [0, 0.1) is 5.92 Å². The summed E-state index contributed by atoms with van der Waals surface area (Å²) < 4.78 is 5.59. The van der Waals surface area contributed by atoms with Crippen molar-refractivity contribution in [3.05, 3.63) is 23.8 Å². The molecule has 0 saturated carbocycles. The van der Waals surface area contributed by atoms with Crippen LogP contribution in [-0.2, 0) is 11.2 Å². The molecule has 116 valence electrons. The van der Waals surface area contributed by atoms with Crippen LogP contribution in [0.2, 0.25) is 0 Å². The predicted octanol–water partition coefficient (Wildman–Crippen LogP) is 2.76. The summed E-state index contributed by atoms with van der Waals surface area (Å²) in [4.78, 5) is 12.3. The second kappa shape index (κ2) is 7.14. The Kier molecular flexibility index (Phi) is 5.48. The molecule has 2 heterocycles. The van der Waals surface area contributed by atoms with E-state index in [9.17, 15) is 4.79 Å². The lowest BCUT2D eigenvalue weighted by Crippen LogP contribution is -2.40. The van der Waals surface area contributed by atoms with Gasteiger partial charge in [0.25, 0.3) is 0 Å². The third-order valence-corrected chi connectivity index (χ3v) is 4.17. The second-order valence-corrected chi connectivity index (χ2v) is 5.84. The highest BCUT2D eigenvalue weighted by Gasteiger charge is 2.24. The standard InChI is InChI=1S/C16H22N2O2.ClH/c1-11-9-13(6-7-17-11)16(19)18-14-4-5-15-12(10-14)3-2-8-20-15;/h4-5,10-11,13,17H,2-3,6-9H2,1H3,(H,18,19);1H/t11-,13-;/m0./s1. The number of carbonyl (C=O) groups excluding carboxylic acids is 1. The highest BCUT2D eigenvalue weighted by molar-refractivity contribution is 5.92. The van der Waals surface area contributed by atoms with E-state index in [1.807, 2.05) is 12.1 Å². The van der Waals surface area contributed by atoms with Crippen molar-refractivity contribution in [3.8, 4) is 5.75 Å². The number of piperidine rings is 1. The van der Waals surface area contributed by atoms with Crippen LogP contribution in [-0.4, -0.2) is 25.1 Å². The van der Waals surface area contributed by atoms with Gasteiger partial charge in [-0.05, 0) is 62.9 Å². The van der Waals surface area contributed by atoms with Crippen LogP contribution in [0.25, 0.3) is 0 Å². The molecule has 2 aliphatic rings. The minimum Gasteiger partial charge on any atom is -0.493 e. The second-order valence-electron chi connectivity index (χ2n) is 5.84. The van der Waals surface area contributed by atoms with Crippen molar-refractivity contribution in [2.45, 2.75) is 38.6 Å². The average molecular weight is 311 g/mol. The van der Waals surface area contributed by atoms with Crippen LogP contribution < -0.4 is 15.4 Å². The van der Waals surface area contributed by atoms with Gasteiger partial charge in [-0.25, -0.2) is 0 Å². The number of halogens is 1. The normalized spacial score (nSPS) is 24.2. The van der Waals surface area contributed by atoms with Crippen molar-refractivity contribution >= 4 is 24.0 Å². The summed E-state index contributed by atoms with van der Waals surface area (Å²) in [6, 6.07) is 6.38. The molecule has 5 heteroatoms. The Labute approximate surface area is 132 Å². The first kappa shape index (κ1) is 16.1. The first-order valence-corrected chi connectivity index (χ1v) is 7.52. The van der Waals surface area contributed by atoms with Crippen LogP contribution in [0.5, 0.6) is 5.75 Å². The van der Waals surface area contributed by atoms with Gasteiger partial charge in [0.05, 0.1) is 6.61 Å². The average Bonchev–Trinajstić information content (AvgIpc) is 2.47. The predicted molar refractivity (Wildman–Crippen MR) is 86.3 cm³/mol. The van der Waals surface area contributed by atoms with Gasteiger partial charge in [-0.15, -0.1) is 12.4 Å². The summed E-state index contributed by atoms with van der Waals surface area (Å²) >= 11 is 0. The SMILES string of the molecule is C[C@H]1C[C@@H](C(=O)Nc2ccc3c(c2)CCCO3)CCN1.Cl. The molecule has 2 atom stereocenters. The number of amides is 1. The molecule has 1 amide bonds. The van der Waals surface area contributed by atoms with Gasteiger partial charge in [0.2, 0.25) is 5.91 Å². The Balaban J connectivity index is 0.00000161. The van der Waals surface area contributed by atoms with Gasteiger partial charge in [-0.1, -0.05) is 0 Å². The topological polar surface area (TPSA) is 50.4 Å². The fourth-order valence-corrected chi connectivity index (χ4v) is 3.05. The van der Waals surface area contributed by atoms with Crippen LogP contribution in [0.15, 0.2) is 18.2 Å². The van der Waals surface area contributed by atoms with Crippen LogP contribution in [0.1, 0.15) is 31.7 Å². The van der Waals surface area contributed by atoms with E-state index in [-0.39, 0.29) is 24.2 Å². The molecule has 3 rings (SSSR count). The van der Waals surface area contributed by atoms with Crippen molar-refractivity contribution in [1.82, 2.24) is 5.32 Å². The number of aryl methyl sites for hydroxylation is 1. The van der Waals surface area contributed by atoms with Crippen molar-refractivity contribution in [2.75, 3.05) is 18.5 Å². The fourth-order valence-electron chi connectivity index (χ4n) is 3.05. The van der Waals surface area contributed by atoms with Gasteiger partial charge in [-0.2, -0.15) is 0 Å². The zero-order valence-electron chi connectivity index (χ0n) is 12.4. The van der Waals surface area contributed by atoms with Crippen LogP contribution >= 0.6 is 12.4 Å². The van der Waals surface area contributed by atoms with E-state index in [0.29, 0.717) is 6.04 Å². The number of anilines is 1. The van der Waals surface area contributed by atoms with Crippen molar-refractivity contribution in [3.63, 3.8) is 0 Å². The van der Waals surface area contributed by atoms with Gasteiger partial charge in [0.15, 0.2) is 0 Å². The summed E-state index contributed by atoms with van der Waals surface area (Å²) in [7, 11) is 0. The highest BCUT2D eigenvalue weighted by atomic mass is 35.5. The van der Waals surface area contributed by atoms with E-state index < -0.39 is 0 Å². The zero-order valence-corrected chi connectivity index (χ0v) is 13.2. The van der Waals surface area contributed by atoms with Crippen LogP contribution in [0.4, 0.5) is 5.69 Å². The molecular weight excluding hydrogens is 288 g/mol. The molecule has 0 bridgehead atoms. The van der Waals surface area contributed by atoms with Gasteiger partial charge >= 0.3 is 0 Å². The smallest absolute Gasteiger partial charge is 0.227 e. The number of ether oxygens (including phenoxy) is 1. The summed E-state index contributed by atoms with van der Waals surface area (Å²) in [6.07, 6.45) is 3.92. The maximum atomic E-state index is 12.3. The summed E-state index contributed by atoms with van der Waals surface area (Å²) in [5.41, 5.74) is 2.10. The zero-order chi connectivity index (χ0) is 13.9. The first-order chi connectivity index (χ1) is 9.72. The first-order valence-electron chi connectivity index (χ1n) is 7.52. The molecule has 4 nitrogen and oxygen atoms in total. The lowest BCUT2D eigenvalue weighted by atomic mass is 9.92. The molecule has 1 aromatic rings. The Morgan fingerprint density at radius 2 is 2.29 bits per heavy atom. The van der Waals surface area contributed by atoms with E-state index in [4.69, 9.17) is 4.74 Å². The summed E-state index contributed by atoms with van der Waals surface area (Å²) in [5, 5.41) is 6.44. The Bertz CT molecular complexity index is 507. The lowest BCUT2D eigenvalue weighted by Gasteiger charge is -2.27. The van der Waals surface area contributed by atoms with Gasteiger partial charge in [0.1, 0.15) is 5.75 Å². The monoisotopic (exact) mass is 310 g/mol. The number of hydrogen-bond acceptors (Lipinski definition) is 3. The third kappa shape index (κ3) is 3.89. The maximum absolute atomic E-state index is 12.3. The summed E-state index contributed by atoms with van der Waals surface area (Å²) in [5.74, 6) is 1.23. The van der Waals surface area contributed by atoms with E-state index in [1.54, 1.807) is 0 Å². The van der Waals surface area contributed by atoms with E-state index in [0.717, 1.165) is 50.3 Å². The third-order valence-electron chi connectivity index (χ3n) is 4.17. The minimum atomic E-state index is 0. The van der Waals surface area contributed by atoms with Crippen LogP contribution in [0.3, 0.4) is 0 Å². The van der Waals surface area contributed by atoms with Crippen molar-refractivity contribution in [2.24, 2.45) is 5.92 Å². The Morgan fingerprint density at radius 1 is 1.43 bits per heavy atom. The van der Waals surface area contributed by atoms with Crippen molar-refractivity contribution in [1.29, 1.82) is 0 Å². The number of fused-ring (bicyclic) bond motifs is 1. The number of rotatable bonds is 2. The minimum absolute atomic E-state index is 0. The van der Waals surface area contributed by atoms with E-state index in [2.05, 4.69) is 23.6 Å². The quantitative estimate of drug-likeness (QED) is 0.883. The highest BCUT2D eigenvalue weighted by Crippen LogP contribution is 2.28. The molecule has 2 aliphatic heterocycles. The molecule has 1 aromatic carbocycles. The van der Waals surface area contributed by atoms with Gasteiger partial charge < -0.3 is 15.4 Å². The van der Waals surface area contributed by atoms with E-state index in [1.165, 1.54) is 5.56 Å². The molecule has 1 saturated heterocycles. The number of hydrogen-bond donors (Lipinski definition) is 2. The molecule has 21 heavy (non-hydrogen) atoms. The molecule has 1 fully saturated rings. The number of benzene rings is 1. The molecule has 0 aromatic heterocycles. The molecule has 2 N–H and O–H groups in total. The van der Waals surface area contributed by atoms with E-state index >= 15 is 0 Å².